The molecule has 23 heavy (non-hydrogen) atoms. The number of esters is 1. The van der Waals surface area contributed by atoms with E-state index in [4.69, 9.17) is 4.74 Å². The van der Waals surface area contributed by atoms with Gasteiger partial charge in [-0.3, -0.25) is 4.79 Å². The number of fused-ring (bicyclic) bond motifs is 3. The maximum atomic E-state index is 12.0. The molecular weight excluding hydrogens is 292 g/mol. The van der Waals surface area contributed by atoms with Crippen LogP contribution in [0.15, 0.2) is 61.2 Å². The van der Waals surface area contributed by atoms with E-state index in [1.807, 2.05) is 36.4 Å². The van der Waals surface area contributed by atoms with E-state index in [1.54, 1.807) is 0 Å². The molecule has 0 bridgehead atoms. The van der Waals surface area contributed by atoms with Crippen molar-refractivity contribution in [2.45, 2.75) is 12.0 Å². The standard InChI is InChI=1S/C19H16O4/c1-2-18(23-12-20)19(21)22-11-17-15-9-5-3-7-13(15)14-8-4-6-10-16(14)17/h2-10,12,17-18H,1,11H2. The Morgan fingerprint density at radius 3 is 2.17 bits per heavy atom. The molecule has 2 aromatic rings. The fourth-order valence-corrected chi connectivity index (χ4v) is 2.95. The van der Waals surface area contributed by atoms with E-state index < -0.39 is 12.1 Å². The molecule has 0 amide bonds. The van der Waals surface area contributed by atoms with Gasteiger partial charge in [-0.15, -0.1) is 0 Å². The first-order chi connectivity index (χ1) is 11.3. The largest absolute Gasteiger partial charge is 0.462 e. The third kappa shape index (κ3) is 2.75. The predicted molar refractivity (Wildman–Crippen MR) is 85.8 cm³/mol. The first-order valence-corrected chi connectivity index (χ1v) is 7.32. The minimum absolute atomic E-state index is 0.0203. The number of rotatable bonds is 6. The Hall–Kier alpha value is -2.88. The van der Waals surface area contributed by atoms with Gasteiger partial charge in [0.05, 0.1) is 0 Å². The number of hydrogen-bond donors (Lipinski definition) is 0. The second-order valence-electron chi connectivity index (χ2n) is 5.25. The summed E-state index contributed by atoms with van der Waals surface area (Å²) in [6.07, 6.45) is 0.173. The second-order valence-corrected chi connectivity index (χ2v) is 5.25. The quantitative estimate of drug-likeness (QED) is 0.467. The van der Waals surface area contributed by atoms with E-state index in [2.05, 4.69) is 23.4 Å². The predicted octanol–water partition coefficient (Wildman–Crippen LogP) is 3.07. The SMILES string of the molecule is C=CC(OC=O)C(=O)OCC1c2ccccc2-c2ccccc21. The molecule has 1 unspecified atom stereocenters. The van der Waals surface area contributed by atoms with E-state index in [9.17, 15) is 9.59 Å². The van der Waals surface area contributed by atoms with Gasteiger partial charge in [-0.1, -0.05) is 55.1 Å². The van der Waals surface area contributed by atoms with Crippen LogP contribution in [-0.2, 0) is 19.1 Å². The highest BCUT2D eigenvalue weighted by Gasteiger charge is 2.29. The van der Waals surface area contributed by atoms with Crippen LogP contribution in [0.3, 0.4) is 0 Å². The van der Waals surface area contributed by atoms with Gasteiger partial charge in [-0.25, -0.2) is 4.79 Å². The average molecular weight is 308 g/mol. The number of carbonyl (C=O) groups is 2. The summed E-state index contributed by atoms with van der Waals surface area (Å²) in [7, 11) is 0. The summed E-state index contributed by atoms with van der Waals surface area (Å²) in [6.45, 7) is 3.88. The molecule has 1 aliphatic carbocycles. The molecule has 1 atom stereocenters. The van der Waals surface area contributed by atoms with E-state index in [-0.39, 0.29) is 19.0 Å². The van der Waals surface area contributed by atoms with E-state index in [0.717, 1.165) is 22.3 Å². The molecule has 0 aromatic heterocycles. The van der Waals surface area contributed by atoms with Crippen LogP contribution in [0.25, 0.3) is 11.1 Å². The maximum absolute atomic E-state index is 12.0. The molecule has 0 fully saturated rings. The molecule has 0 radical (unpaired) electrons. The minimum atomic E-state index is -1.07. The molecule has 4 heteroatoms. The smallest absolute Gasteiger partial charge is 0.351 e. The van der Waals surface area contributed by atoms with Gasteiger partial charge in [0.2, 0.25) is 6.10 Å². The molecule has 1 aliphatic rings. The van der Waals surface area contributed by atoms with Gasteiger partial charge in [-0.05, 0) is 28.3 Å². The van der Waals surface area contributed by atoms with Crippen molar-refractivity contribution in [2.75, 3.05) is 6.61 Å². The Bertz CT molecular complexity index is 705. The molecular formula is C19H16O4. The fourth-order valence-electron chi connectivity index (χ4n) is 2.95. The number of ether oxygens (including phenoxy) is 2. The molecule has 0 spiro atoms. The zero-order chi connectivity index (χ0) is 16.2. The average Bonchev–Trinajstić information content (AvgIpc) is 2.91. The first kappa shape index (κ1) is 15.0. The van der Waals surface area contributed by atoms with Crippen molar-refractivity contribution in [2.24, 2.45) is 0 Å². The molecule has 2 aromatic carbocycles. The first-order valence-electron chi connectivity index (χ1n) is 7.32. The third-order valence-electron chi connectivity index (χ3n) is 4.00. The summed E-state index contributed by atoms with van der Waals surface area (Å²) in [5, 5.41) is 0. The maximum Gasteiger partial charge on any atom is 0.351 e. The van der Waals surface area contributed by atoms with Crippen molar-refractivity contribution in [3.05, 3.63) is 72.3 Å². The summed E-state index contributed by atoms with van der Waals surface area (Å²) in [5.74, 6) is -0.637. The van der Waals surface area contributed by atoms with Crippen LogP contribution >= 0.6 is 0 Å². The van der Waals surface area contributed by atoms with Crippen molar-refractivity contribution < 1.29 is 19.1 Å². The highest BCUT2D eigenvalue weighted by atomic mass is 16.6. The van der Waals surface area contributed by atoms with E-state index in [0.29, 0.717) is 0 Å². The molecule has 0 aliphatic heterocycles. The zero-order valence-electron chi connectivity index (χ0n) is 12.5. The molecule has 0 saturated carbocycles. The van der Waals surface area contributed by atoms with Crippen LogP contribution < -0.4 is 0 Å². The van der Waals surface area contributed by atoms with Gasteiger partial charge in [0.25, 0.3) is 6.47 Å². The lowest BCUT2D eigenvalue weighted by atomic mass is 9.98. The van der Waals surface area contributed by atoms with E-state index >= 15 is 0 Å². The van der Waals surface area contributed by atoms with Crippen LogP contribution in [0, 0.1) is 0 Å². The summed E-state index contributed by atoms with van der Waals surface area (Å²) >= 11 is 0. The van der Waals surface area contributed by atoms with Gasteiger partial charge >= 0.3 is 5.97 Å². The summed E-state index contributed by atoms with van der Waals surface area (Å²) < 4.78 is 9.99. The summed E-state index contributed by atoms with van der Waals surface area (Å²) in [4.78, 5) is 22.4. The molecule has 4 nitrogen and oxygen atoms in total. The topological polar surface area (TPSA) is 52.6 Å². The van der Waals surface area contributed by atoms with Gasteiger partial charge in [0, 0.05) is 5.92 Å². The van der Waals surface area contributed by atoms with Gasteiger partial charge < -0.3 is 9.47 Å². The Morgan fingerprint density at radius 2 is 1.65 bits per heavy atom. The van der Waals surface area contributed by atoms with Crippen LogP contribution in [0.1, 0.15) is 17.0 Å². The highest BCUT2D eigenvalue weighted by Crippen LogP contribution is 2.44. The Morgan fingerprint density at radius 1 is 1.09 bits per heavy atom. The monoisotopic (exact) mass is 308 g/mol. The van der Waals surface area contributed by atoms with Crippen molar-refractivity contribution in [3.63, 3.8) is 0 Å². The summed E-state index contributed by atoms with van der Waals surface area (Å²) in [5.41, 5.74) is 4.59. The number of benzene rings is 2. The van der Waals surface area contributed by atoms with Gasteiger partial charge in [0.1, 0.15) is 6.61 Å². The fraction of sp³-hybridized carbons (Fsp3) is 0.158. The van der Waals surface area contributed by atoms with Crippen LogP contribution in [0.4, 0.5) is 0 Å². The molecule has 0 N–H and O–H groups in total. The molecule has 116 valence electrons. The number of carbonyl (C=O) groups excluding carboxylic acids is 2. The van der Waals surface area contributed by atoms with Crippen molar-refractivity contribution in [1.82, 2.24) is 0 Å². The molecule has 0 heterocycles. The Kier molecular flexibility index (Phi) is 4.24. The normalized spacial score (nSPS) is 13.6. The van der Waals surface area contributed by atoms with Crippen LogP contribution in [0.5, 0.6) is 0 Å². The molecule has 0 saturated heterocycles. The Balaban J connectivity index is 1.82. The number of hydrogen-bond acceptors (Lipinski definition) is 4. The van der Waals surface area contributed by atoms with Gasteiger partial charge in [0.15, 0.2) is 0 Å². The lowest BCUT2D eigenvalue weighted by Crippen LogP contribution is -2.25. The van der Waals surface area contributed by atoms with E-state index in [1.165, 1.54) is 6.08 Å². The Labute approximate surface area is 134 Å². The van der Waals surface area contributed by atoms with Gasteiger partial charge in [-0.2, -0.15) is 0 Å². The second kappa shape index (κ2) is 6.48. The van der Waals surface area contributed by atoms with Crippen molar-refractivity contribution in [3.8, 4) is 11.1 Å². The van der Waals surface area contributed by atoms with Crippen LogP contribution in [-0.4, -0.2) is 25.2 Å². The minimum Gasteiger partial charge on any atom is -0.462 e. The highest BCUT2D eigenvalue weighted by molar-refractivity contribution is 5.80. The van der Waals surface area contributed by atoms with Crippen LogP contribution in [0.2, 0.25) is 0 Å². The lowest BCUT2D eigenvalue weighted by molar-refractivity contribution is -0.158. The zero-order valence-corrected chi connectivity index (χ0v) is 12.5. The summed E-state index contributed by atoms with van der Waals surface area (Å²) in [6, 6.07) is 16.2. The lowest BCUT2D eigenvalue weighted by Gasteiger charge is -2.16. The van der Waals surface area contributed by atoms with Crippen molar-refractivity contribution >= 4 is 12.4 Å². The van der Waals surface area contributed by atoms with Crippen molar-refractivity contribution in [1.29, 1.82) is 0 Å². The third-order valence-corrected chi connectivity index (χ3v) is 4.00. The molecule has 3 rings (SSSR count).